The second-order valence-corrected chi connectivity index (χ2v) is 6.14. The van der Waals surface area contributed by atoms with Crippen molar-refractivity contribution in [3.05, 3.63) is 69.7 Å². The Kier molecular flexibility index (Phi) is 6.69. The predicted molar refractivity (Wildman–Crippen MR) is 86.2 cm³/mol. The van der Waals surface area contributed by atoms with E-state index in [9.17, 15) is 43.9 Å². The zero-order valence-electron chi connectivity index (χ0n) is 14.8. The van der Waals surface area contributed by atoms with Gasteiger partial charge in [-0.05, 0) is 6.42 Å². The van der Waals surface area contributed by atoms with E-state index in [0.29, 0.717) is 6.42 Å². The number of rotatable bonds is 5. The highest BCUT2D eigenvalue weighted by Crippen LogP contribution is 2.22. The summed E-state index contributed by atoms with van der Waals surface area (Å²) in [4.78, 5) is 0. The minimum absolute atomic E-state index is 0.132. The van der Waals surface area contributed by atoms with Gasteiger partial charge in [-0.3, -0.25) is 0 Å². The summed E-state index contributed by atoms with van der Waals surface area (Å²) in [5.74, 6) is -24.5. The molecule has 0 saturated heterocycles. The van der Waals surface area contributed by atoms with E-state index < -0.39 is 75.8 Å². The van der Waals surface area contributed by atoms with Crippen LogP contribution < -0.4 is 10.9 Å². The number of allylic oxidation sites excluding steroid dienone is 2. The topological polar surface area (TPSA) is 0 Å². The molecule has 0 spiro atoms. The van der Waals surface area contributed by atoms with E-state index in [0.717, 1.165) is 13.0 Å². The van der Waals surface area contributed by atoms with Crippen molar-refractivity contribution in [1.29, 1.82) is 0 Å². The number of hydrogen-bond acceptors (Lipinski definition) is 0. The van der Waals surface area contributed by atoms with E-state index >= 15 is 0 Å². The Bertz CT molecular complexity index is 872. The van der Waals surface area contributed by atoms with Crippen molar-refractivity contribution in [3.8, 4) is 0 Å². The van der Waals surface area contributed by atoms with Crippen molar-refractivity contribution in [1.82, 2.24) is 0 Å². The Morgan fingerprint density at radius 3 is 1.14 bits per heavy atom. The Morgan fingerprint density at radius 2 is 0.862 bits per heavy atom. The van der Waals surface area contributed by atoms with Gasteiger partial charge in [-0.25, -0.2) is 43.9 Å². The first-order valence-corrected chi connectivity index (χ1v) is 8.16. The molecular weight excluding hydrogens is 417 g/mol. The van der Waals surface area contributed by atoms with Crippen LogP contribution in [0.25, 0.3) is 0 Å². The lowest BCUT2D eigenvalue weighted by Crippen LogP contribution is -2.52. The van der Waals surface area contributed by atoms with Gasteiger partial charge in [0.25, 0.3) is 6.71 Å². The van der Waals surface area contributed by atoms with Crippen molar-refractivity contribution in [2.45, 2.75) is 26.7 Å². The molecule has 2 aromatic carbocycles. The van der Waals surface area contributed by atoms with Gasteiger partial charge in [0, 0.05) is 10.9 Å². The highest BCUT2D eigenvalue weighted by atomic mass is 19.2. The second-order valence-electron chi connectivity index (χ2n) is 6.14. The minimum Gasteiger partial charge on any atom is -0.204 e. The first-order valence-electron chi connectivity index (χ1n) is 8.16. The summed E-state index contributed by atoms with van der Waals surface area (Å²) >= 11 is 0. The van der Waals surface area contributed by atoms with Crippen molar-refractivity contribution in [2.24, 2.45) is 0 Å². The molecule has 0 aliphatic rings. The Balaban J connectivity index is 3.01. The van der Waals surface area contributed by atoms with E-state index in [1.165, 1.54) is 0 Å². The van der Waals surface area contributed by atoms with E-state index in [-0.39, 0.29) is 11.9 Å². The molecular formula is C18H11BF10. The van der Waals surface area contributed by atoms with Gasteiger partial charge < -0.3 is 0 Å². The molecule has 0 unspecified atom stereocenters. The molecule has 0 aliphatic carbocycles. The maximum absolute atomic E-state index is 14.3. The number of benzene rings is 2. The Morgan fingerprint density at radius 1 is 0.586 bits per heavy atom. The van der Waals surface area contributed by atoms with Gasteiger partial charge in [0.1, 0.15) is 0 Å². The smallest absolute Gasteiger partial charge is 0.204 e. The third kappa shape index (κ3) is 3.74. The normalized spacial score (nSPS) is 11.9. The molecule has 11 heteroatoms. The average molecular weight is 428 g/mol. The van der Waals surface area contributed by atoms with Crippen LogP contribution in [0.15, 0.2) is 11.5 Å². The summed E-state index contributed by atoms with van der Waals surface area (Å²) in [6.07, 6.45) is 1.67. The van der Waals surface area contributed by atoms with Crippen molar-refractivity contribution >= 4 is 17.6 Å². The van der Waals surface area contributed by atoms with Crippen LogP contribution in [0, 0.1) is 58.2 Å². The third-order valence-corrected chi connectivity index (χ3v) is 4.28. The van der Waals surface area contributed by atoms with Crippen LogP contribution in [0.5, 0.6) is 0 Å². The highest BCUT2D eigenvalue weighted by Gasteiger charge is 2.40. The van der Waals surface area contributed by atoms with Crippen molar-refractivity contribution in [3.63, 3.8) is 0 Å². The summed E-state index contributed by atoms with van der Waals surface area (Å²) in [5, 5.41) is 0. The fraction of sp³-hybridized carbons (Fsp3) is 0.222. The predicted octanol–water partition coefficient (Wildman–Crippen LogP) is 4.97. The lowest BCUT2D eigenvalue weighted by atomic mass is 9.35. The summed E-state index contributed by atoms with van der Waals surface area (Å²) < 4.78 is 139. The van der Waals surface area contributed by atoms with Crippen LogP contribution in [-0.2, 0) is 0 Å². The number of halogens is 10. The molecule has 0 heterocycles. The van der Waals surface area contributed by atoms with E-state index in [4.69, 9.17) is 0 Å². The van der Waals surface area contributed by atoms with Crippen LogP contribution in [-0.4, -0.2) is 6.71 Å². The fourth-order valence-corrected chi connectivity index (χ4v) is 2.84. The van der Waals surface area contributed by atoms with E-state index in [1.807, 2.05) is 0 Å². The monoisotopic (exact) mass is 428 g/mol. The molecule has 0 atom stereocenters. The van der Waals surface area contributed by atoms with Gasteiger partial charge >= 0.3 is 0 Å². The summed E-state index contributed by atoms with van der Waals surface area (Å²) in [7, 11) is 0. The highest BCUT2D eigenvalue weighted by molar-refractivity contribution is 6.91. The molecule has 2 aromatic rings. The fourth-order valence-electron chi connectivity index (χ4n) is 2.84. The number of hydrogen-bond donors (Lipinski definition) is 0. The molecule has 0 aromatic heterocycles. The molecule has 0 fully saturated rings. The second kappa shape index (κ2) is 8.50. The molecule has 156 valence electrons. The summed E-state index contributed by atoms with van der Waals surface area (Å²) in [5.41, 5.74) is -3.83. The minimum atomic E-state index is -2.53. The van der Waals surface area contributed by atoms with Gasteiger partial charge in [-0.2, -0.15) is 0 Å². The molecule has 0 radical (unpaired) electrons. The molecule has 0 bridgehead atoms. The van der Waals surface area contributed by atoms with Gasteiger partial charge in [0.05, 0.1) is 0 Å². The van der Waals surface area contributed by atoms with E-state index in [2.05, 4.69) is 0 Å². The maximum atomic E-state index is 14.3. The van der Waals surface area contributed by atoms with Crippen LogP contribution in [0.2, 0.25) is 0 Å². The molecule has 0 amide bonds. The standard InChI is InChI=1S/C18H11BF10/c1-3-4-5-6(2)19(7-9(20)13(24)17(28)14(25)10(7)21)8-11(22)15(26)18(29)16(27)12(8)23/h5H,3-4H2,1-2H3/b6-5+. The SMILES string of the molecule is CCC/C=C(\C)B(c1c(F)c(F)c(F)c(F)c1F)c1c(F)c(F)c(F)c(F)c1F. The number of unbranched alkanes of at least 4 members (excludes halogenated alkanes) is 1. The van der Waals surface area contributed by atoms with Crippen molar-refractivity contribution in [2.75, 3.05) is 0 Å². The van der Waals surface area contributed by atoms with Gasteiger partial charge in [0.15, 0.2) is 58.2 Å². The largest absolute Gasteiger partial charge is 0.252 e. The molecule has 0 aliphatic heterocycles. The quantitative estimate of drug-likeness (QED) is 0.273. The molecule has 2 rings (SSSR count). The van der Waals surface area contributed by atoms with Crippen LogP contribution in [0.3, 0.4) is 0 Å². The summed E-state index contributed by atoms with van der Waals surface area (Å²) in [6, 6.07) is 0. The Hall–Kier alpha value is -2.46. The zero-order chi connectivity index (χ0) is 22.2. The first-order chi connectivity index (χ1) is 13.5. The van der Waals surface area contributed by atoms with Crippen LogP contribution >= 0.6 is 0 Å². The molecule has 0 nitrogen and oxygen atoms in total. The van der Waals surface area contributed by atoms with Crippen molar-refractivity contribution < 1.29 is 43.9 Å². The van der Waals surface area contributed by atoms with Gasteiger partial charge in [-0.15, -0.1) is 0 Å². The average Bonchev–Trinajstić information content (AvgIpc) is 2.70. The zero-order valence-corrected chi connectivity index (χ0v) is 14.8. The van der Waals surface area contributed by atoms with E-state index in [1.54, 1.807) is 6.92 Å². The molecule has 0 N–H and O–H groups in total. The maximum Gasteiger partial charge on any atom is 0.252 e. The molecule has 0 saturated carbocycles. The third-order valence-electron chi connectivity index (χ3n) is 4.28. The van der Waals surface area contributed by atoms with Gasteiger partial charge in [0.2, 0.25) is 0 Å². The first kappa shape index (κ1) is 22.8. The lowest BCUT2D eigenvalue weighted by molar-refractivity contribution is 0.382. The van der Waals surface area contributed by atoms with Crippen LogP contribution in [0.4, 0.5) is 43.9 Å². The molecule has 29 heavy (non-hydrogen) atoms. The lowest BCUT2D eigenvalue weighted by Gasteiger charge is -2.20. The summed E-state index contributed by atoms with van der Waals surface area (Å²) in [6.45, 7) is 0.183. The van der Waals surface area contributed by atoms with Gasteiger partial charge in [-0.1, -0.05) is 31.8 Å². The van der Waals surface area contributed by atoms with Crippen LogP contribution in [0.1, 0.15) is 26.7 Å². The Labute approximate surface area is 158 Å².